The van der Waals surface area contributed by atoms with Crippen molar-refractivity contribution in [3.8, 4) is 0 Å². The van der Waals surface area contributed by atoms with Crippen LogP contribution in [0.15, 0.2) is 77.9 Å². The number of rotatable bonds is 4. The zero-order chi connectivity index (χ0) is 15.8. The summed E-state index contributed by atoms with van der Waals surface area (Å²) in [5.74, 6) is 0.434. The Balaban J connectivity index is 2.60. The Labute approximate surface area is 134 Å². The third kappa shape index (κ3) is 3.94. The second-order valence-electron chi connectivity index (χ2n) is 5.56. The van der Waals surface area contributed by atoms with Crippen molar-refractivity contribution >= 4 is 11.3 Å². The molecule has 1 aromatic carbocycles. The highest BCUT2D eigenvalue weighted by Gasteiger charge is 2.16. The molecule has 1 aliphatic rings. The molecule has 1 nitrogen and oxygen atoms in total. The lowest BCUT2D eigenvalue weighted by atomic mass is 9.88. The van der Waals surface area contributed by atoms with Crippen LogP contribution in [-0.4, -0.2) is 12.3 Å². The monoisotopic (exact) mass is 291 g/mol. The lowest BCUT2D eigenvalue weighted by Crippen LogP contribution is -2.15. The lowest BCUT2D eigenvalue weighted by molar-refractivity contribution is 0.737. The molecule has 0 N–H and O–H groups in total. The van der Waals surface area contributed by atoms with Crippen molar-refractivity contribution in [1.29, 1.82) is 0 Å². The standard InChI is InChI=1S/C21H25N/c1-4-17(3)21-19(5-2)20(18-13-9-8-10-14-18)15-11-6-7-12-16-22-21/h5-14,17H,2,4,15-16H2,1,3H3/b11-6-,12-7-,20-19+,22-21?. The topological polar surface area (TPSA) is 12.4 Å². The summed E-state index contributed by atoms with van der Waals surface area (Å²) >= 11 is 0. The van der Waals surface area contributed by atoms with E-state index < -0.39 is 0 Å². The first-order valence-corrected chi connectivity index (χ1v) is 8.05. The summed E-state index contributed by atoms with van der Waals surface area (Å²) in [6.07, 6.45) is 12.5. The van der Waals surface area contributed by atoms with Gasteiger partial charge in [-0.05, 0) is 35.5 Å². The summed E-state index contributed by atoms with van der Waals surface area (Å²) in [6.45, 7) is 9.26. The summed E-state index contributed by atoms with van der Waals surface area (Å²) in [6, 6.07) is 10.6. The zero-order valence-corrected chi connectivity index (χ0v) is 13.6. The molecule has 0 bridgehead atoms. The Kier molecular flexibility index (Phi) is 6.14. The molecule has 1 heteroatoms. The molecule has 0 aromatic heterocycles. The van der Waals surface area contributed by atoms with Gasteiger partial charge in [-0.25, -0.2) is 0 Å². The highest BCUT2D eigenvalue weighted by Crippen LogP contribution is 2.28. The average molecular weight is 291 g/mol. The predicted molar refractivity (Wildman–Crippen MR) is 98.2 cm³/mol. The fraction of sp³-hybridized carbons (Fsp3) is 0.286. The van der Waals surface area contributed by atoms with Crippen molar-refractivity contribution in [2.75, 3.05) is 6.54 Å². The van der Waals surface area contributed by atoms with Gasteiger partial charge in [-0.15, -0.1) is 0 Å². The lowest BCUT2D eigenvalue weighted by Gasteiger charge is -2.19. The molecule has 2 rings (SSSR count). The van der Waals surface area contributed by atoms with E-state index in [1.807, 2.05) is 6.08 Å². The normalized spacial score (nSPS) is 23.3. The first-order valence-electron chi connectivity index (χ1n) is 8.05. The number of hydrogen-bond acceptors (Lipinski definition) is 1. The molecule has 1 aromatic rings. The molecular formula is C21H25N. The number of benzene rings is 1. The van der Waals surface area contributed by atoms with Gasteiger partial charge in [0, 0.05) is 5.71 Å². The minimum Gasteiger partial charge on any atom is -0.285 e. The van der Waals surface area contributed by atoms with E-state index in [2.05, 4.69) is 75.1 Å². The molecule has 0 saturated carbocycles. The second kappa shape index (κ2) is 8.33. The molecule has 0 amide bonds. The SMILES string of the molecule is C=C/C1=C(\c2ccccc2)C/C=C\C=C/CN=C1C(C)CC. The van der Waals surface area contributed by atoms with Crippen LogP contribution in [0, 0.1) is 5.92 Å². The van der Waals surface area contributed by atoms with Crippen LogP contribution >= 0.6 is 0 Å². The number of hydrogen-bond donors (Lipinski definition) is 0. The van der Waals surface area contributed by atoms with Crippen LogP contribution in [0.3, 0.4) is 0 Å². The van der Waals surface area contributed by atoms with Gasteiger partial charge in [-0.1, -0.05) is 81.1 Å². The maximum atomic E-state index is 4.85. The van der Waals surface area contributed by atoms with Gasteiger partial charge in [0.15, 0.2) is 0 Å². The Morgan fingerprint density at radius 3 is 2.59 bits per heavy atom. The molecule has 114 valence electrons. The minimum atomic E-state index is 0.434. The molecule has 1 aliphatic heterocycles. The summed E-state index contributed by atoms with van der Waals surface area (Å²) in [5.41, 5.74) is 4.93. The van der Waals surface area contributed by atoms with E-state index >= 15 is 0 Å². The van der Waals surface area contributed by atoms with Crippen molar-refractivity contribution in [2.24, 2.45) is 10.9 Å². The number of allylic oxidation sites excluding steroid dienone is 6. The van der Waals surface area contributed by atoms with Gasteiger partial charge in [0.05, 0.1) is 6.54 Å². The third-order valence-electron chi connectivity index (χ3n) is 4.08. The maximum Gasteiger partial charge on any atom is 0.0577 e. The summed E-state index contributed by atoms with van der Waals surface area (Å²) in [4.78, 5) is 4.85. The predicted octanol–water partition coefficient (Wildman–Crippen LogP) is 5.63. The van der Waals surface area contributed by atoms with Crippen LogP contribution in [0.5, 0.6) is 0 Å². The van der Waals surface area contributed by atoms with Gasteiger partial charge < -0.3 is 0 Å². The molecule has 1 unspecified atom stereocenters. The smallest absolute Gasteiger partial charge is 0.0577 e. The molecular weight excluding hydrogens is 266 g/mol. The molecule has 0 spiro atoms. The molecule has 1 atom stereocenters. The van der Waals surface area contributed by atoms with Crippen LogP contribution in [-0.2, 0) is 0 Å². The largest absolute Gasteiger partial charge is 0.285 e. The third-order valence-corrected chi connectivity index (χ3v) is 4.08. The Morgan fingerprint density at radius 2 is 1.91 bits per heavy atom. The van der Waals surface area contributed by atoms with Gasteiger partial charge in [-0.2, -0.15) is 0 Å². The highest BCUT2D eigenvalue weighted by molar-refractivity contribution is 6.10. The second-order valence-corrected chi connectivity index (χ2v) is 5.56. The van der Waals surface area contributed by atoms with Crippen LogP contribution in [0.2, 0.25) is 0 Å². The van der Waals surface area contributed by atoms with E-state index in [9.17, 15) is 0 Å². The molecule has 1 heterocycles. The highest BCUT2D eigenvalue weighted by atomic mass is 14.7. The molecule has 0 saturated heterocycles. The summed E-state index contributed by atoms with van der Waals surface area (Å²) in [7, 11) is 0. The van der Waals surface area contributed by atoms with Crippen LogP contribution in [0.25, 0.3) is 5.57 Å². The van der Waals surface area contributed by atoms with E-state index in [1.165, 1.54) is 22.4 Å². The van der Waals surface area contributed by atoms with Crippen LogP contribution in [0.1, 0.15) is 32.3 Å². The Bertz CT molecular complexity index is 615. The fourth-order valence-electron chi connectivity index (χ4n) is 2.66. The van der Waals surface area contributed by atoms with E-state index in [0.717, 1.165) is 19.4 Å². The van der Waals surface area contributed by atoms with Gasteiger partial charge in [-0.3, -0.25) is 4.99 Å². The van der Waals surface area contributed by atoms with Crippen molar-refractivity contribution in [3.63, 3.8) is 0 Å². The van der Waals surface area contributed by atoms with E-state index in [1.54, 1.807) is 0 Å². The van der Waals surface area contributed by atoms with Crippen molar-refractivity contribution in [2.45, 2.75) is 26.7 Å². The first-order chi connectivity index (χ1) is 10.8. The van der Waals surface area contributed by atoms with E-state index in [4.69, 9.17) is 4.99 Å². The first kappa shape index (κ1) is 16.2. The van der Waals surface area contributed by atoms with Gasteiger partial charge in [0.25, 0.3) is 0 Å². The fourth-order valence-corrected chi connectivity index (χ4v) is 2.66. The van der Waals surface area contributed by atoms with Gasteiger partial charge in [0.1, 0.15) is 0 Å². The molecule has 0 radical (unpaired) electrons. The minimum absolute atomic E-state index is 0.434. The summed E-state index contributed by atoms with van der Waals surface area (Å²) in [5, 5.41) is 0. The van der Waals surface area contributed by atoms with Gasteiger partial charge in [0.2, 0.25) is 0 Å². The van der Waals surface area contributed by atoms with E-state index in [0.29, 0.717) is 5.92 Å². The zero-order valence-electron chi connectivity index (χ0n) is 13.6. The maximum absolute atomic E-state index is 4.85. The number of nitrogens with zero attached hydrogens (tertiary/aromatic N) is 1. The van der Waals surface area contributed by atoms with Crippen LogP contribution in [0.4, 0.5) is 0 Å². The Hall–Kier alpha value is -2.15. The number of aliphatic imine (C=N–C) groups is 1. The summed E-state index contributed by atoms with van der Waals surface area (Å²) < 4.78 is 0. The quantitative estimate of drug-likeness (QED) is 0.681. The molecule has 22 heavy (non-hydrogen) atoms. The van der Waals surface area contributed by atoms with Crippen molar-refractivity contribution in [1.82, 2.24) is 0 Å². The van der Waals surface area contributed by atoms with Crippen molar-refractivity contribution < 1.29 is 0 Å². The van der Waals surface area contributed by atoms with E-state index in [-0.39, 0.29) is 0 Å². The molecule has 0 aliphatic carbocycles. The Morgan fingerprint density at radius 1 is 1.18 bits per heavy atom. The molecule has 0 fully saturated rings. The van der Waals surface area contributed by atoms with Gasteiger partial charge >= 0.3 is 0 Å². The van der Waals surface area contributed by atoms with Crippen molar-refractivity contribution in [3.05, 3.63) is 78.4 Å². The van der Waals surface area contributed by atoms with Crippen LogP contribution < -0.4 is 0 Å². The average Bonchev–Trinajstić information content (AvgIpc) is 2.58.